The summed E-state index contributed by atoms with van der Waals surface area (Å²) in [7, 11) is 4.63. The molecule has 1 amide bonds. The molecule has 0 bridgehead atoms. The Labute approximate surface area is 167 Å². The van der Waals surface area contributed by atoms with Crippen LogP contribution in [0.3, 0.4) is 0 Å². The number of ether oxygens (including phenoxy) is 3. The fourth-order valence-electron chi connectivity index (χ4n) is 2.94. The van der Waals surface area contributed by atoms with Crippen LogP contribution < -0.4 is 25.1 Å². The Bertz CT molecular complexity index is 1050. The second kappa shape index (κ2) is 9.05. The number of aromatic nitrogens is 3. The van der Waals surface area contributed by atoms with Crippen LogP contribution in [0.5, 0.6) is 17.2 Å². The van der Waals surface area contributed by atoms with Crippen molar-refractivity contribution in [3.05, 3.63) is 52.3 Å². The predicted molar refractivity (Wildman–Crippen MR) is 107 cm³/mol. The van der Waals surface area contributed by atoms with Gasteiger partial charge in [0.05, 0.1) is 26.7 Å². The van der Waals surface area contributed by atoms with Gasteiger partial charge in [-0.2, -0.15) is 0 Å². The lowest BCUT2D eigenvalue weighted by molar-refractivity contribution is -0.121. The highest BCUT2D eigenvalue weighted by atomic mass is 16.5. The van der Waals surface area contributed by atoms with Gasteiger partial charge in [0.1, 0.15) is 12.1 Å². The zero-order chi connectivity index (χ0) is 20.8. The molecule has 0 spiro atoms. The Morgan fingerprint density at radius 3 is 2.41 bits per heavy atom. The van der Waals surface area contributed by atoms with E-state index in [0.717, 1.165) is 10.2 Å². The van der Waals surface area contributed by atoms with Gasteiger partial charge in [-0.1, -0.05) is 17.3 Å². The maximum Gasteiger partial charge on any atom is 0.278 e. The molecule has 29 heavy (non-hydrogen) atoms. The Kier molecular flexibility index (Phi) is 6.28. The quantitative estimate of drug-likeness (QED) is 0.607. The van der Waals surface area contributed by atoms with Gasteiger partial charge in [0.2, 0.25) is 11.7 Å². The van der Waals surface area contributed by atoms with E-state index < -0.39 is 0 Å². The Morgan fingerprint density at radius 1 is 1.07 bits per heavy atom. The van der Waals surface area contributed by atoms with Gasteiger partial charge in [-0.05, 0) is 36.2 Å². The molecule has 0 radical (unpaired) electrons. The molecule has 3 rings (SSSR count). The lowest BCUT2D eigenvalue weighted by Crippen LogP contribution is -2.35. The van der Waals surface area contributed by atoms with Crippen LogP contribution in [-0.2, 0) is 17.8 Å². The van der Waals surface area contributed by atoms with Gasteiger partial charge >= 0.3 is 0 Å². The molecule has 0 aliphatic heterocycles. The van der Waals surface area contributed by atoms with Crippen LogP contribution >= 0.6 is 0 Å². The van der Waals surface area contributed by atoms with Gasteiger partial charge in [-0.25, -0.2) is 4.68 Å². The van der Waals surface area contributed by atoms with Crippen molar-refractivity contribution in [2.75, 3.05) is 27.9 Å². The van der Waals surface area contributed by atoms with E-state index in [1.165, 1.54) is 7.11 Å². The Morgan fingerprint density at radius 2 is 1.76 bits per heavy atom. The largest absolute Gasteiger partial charge is 0.493 e. The highest BCUT2D eigenvalue weighted by Gasteiger charge is 2.14. The first-order valence-electron chi connectivity index (χ1n) is 8.95. The van der Waals surface area contributed by atoms with Crippen molar-refractivity contribution in [1.82, 2.24) is 20.3 Å². The van der Waals surface area contributed by atoms with E-state index in [2.05, 4.69) is 15.6 Å². The number of carbonyl (C=O) groups excluding carboxylic acids is 1. The van der Waals surface area contributed by atoms with Gasteiger partial charge in [0, 0.05) is 6.54 Å². The summed E-state index contributed by atoms with van der Waals surface area (Å²) in [5.74, 6) is 1.28. The van der Waals surface area contributed by atoms with Crippen LogP contribution in [-0.4, -0.2) is 48.8 Å². The molecule has 0 saturated carbocycles. The van der Waals surface area contributed by atoms with E-state index in [1.807, 2.05) is 12.1 Å². The van der Waals surface area contributed by atoms with E-state index in [9.17, 15) is 9.59 Å². The lowest BCUT2D eigenvalue weighted by atomic mass is 10.1. The summed E-state index contributed by atoms with van der Waals surface area (Å²) in [6.07, 6.45) is 0.542. The zero-order valence-corrected chi connectivity index (χ0v) is 16.5. The van der Waals surface area contributed by atoms with E-state index in [1.54, 1.807) is 38.5 Å². The summed E-state index contributed by atoms with van der Waals surface area (Å²) in [5, 5.41) is 11.0. The maximum atomic E-state index is 12.4. The van der Waals surface area contributed by atoms with E-state index in [0.29, 0.717) is 41.1 Å². The summed E-state index contributed by atoms with van der Waals surface area (Å²) in [4.78, 5) is 24.6. The molecule has 2 aromatic carbocycles. The van der Waals surface area contributed by atoms with Gasteiger partial charge < -0.3 is 19.5 Å². The lowest BCUT2D eigenvalue weighted by Gasteiger charge is -2.14. The average molecular weight is 398 g/mol. The number of nitrogens with one attached hydrogen (secondary N) is 1. The number of hydrogen-bond donors (Lipinski definition) is 1. The number of methoxy groups -OCH3 is 3. The molecule has 152 valence electrons. The van der Waals surface area contributed by atoms with Crippen LogP contribution in [0.15, 0.2) is 41.2 Å². The van der Waals surface area contributed by atoms with Crippen molar-refractivity contribution >= 4 is 16.8 Å². The fourth-order valence-corrected chi connectivity index (χ4v) is 2.94. The molecule has 9 nitrogen and oxygen atoms in total. The van der Waals surface area contributed by atoms with E-state index >= 15 is 0 Å². The van der Waals surface area contributed by atoms with Crippen LogP contribution in [0, 0.1) is 0 Å². The smallest absolute Gasteiger partial charge is 0.278 e. The topological polar surface area (TPSA) is 105 Å². The minimum Gasteiger partial charge on any atom is -0.493 e. The van der Waals surface area contributed by atoms with Crippen LogP contribution in [0.2, 0.25) is 0 Å². The van der Waals surface area contributed by atoms with Crippen molar-refractivity contribution in [3.63, 3.8) is 0 Å². The van der Waals surface area contributed by atoms with Crippen LogP contribution in [0.25, 0.3) is 10.9 Å². The molecule has 1 aromatic heterocycles. The van der Waals surface area contributed by atoms with Crippen molar-refractivity contribution in [3.8, 4) is 17.2 Å². The molecule has 0 fully saturated rings. The first-order valence-corrected chi connectivity index (χ1v) is 8.95. The number of carbonyl (C=O) groups is 1. The van der Waals surface area contributed by atoms with E-state index in [-0.39, 0.29) is 18.0 Å². The fraction of sp³-hybridized carbons (Fsp3) is 0.300. The van der Waals surface area contributed by atoms with Gasteiger partial charge in [0.15, 0.2) is 11.5 Å². The summed E-state index contributed by atoms with van der Waals surface area (Å²) < 4.78 is 17.0. The summed E-state index contributed by atoms with van der Waals surface area (Å²) in [5.41, 5.74) is 1.05. The number of fused-ring (bicyclic) bond motifs is 1. The monoisotopic (exact) mass is 398 g/mol. The predicted octanol–water partition coefficient (Wildman–Crippen LogP) is 1.18. The molecule has 9 heteroatoms. The molecule has 1 N–H and O–H groups in total. The second-order valence-corrected chi connectivity index (χ2v) is 6.20. The Balaban J connectivity index is 1.63. The highest BCUT2D eigenvalue weighted by Crippen LogP contribution is 2.38. The molecule has 1 heterocycles. The van der Waals surface area contributed by atoms with Crippen molar-refractivity contribution in [2.45, 2.75) is 13.0 Å². The van der Waals surface area contributed by atoms with Gasteiger partial charge in [0.25, 0.3) is 5.56 Å². The molecule has 3 aromatic rings. The maximum absolute atomic E-state index is 12.4. The van der Waals surface area contributed by atoms with E-state index in [4.69, 9.17) is 14.2 Å². The first-order chi connectivity index (χ1) is 14.1. The molecule has 0 atom stereocenters. The molecule has 0 saturated heterocycles. The van der Waals surface area contributed by atoms with Crippen molar-refractivity contribution < 1.29 is 19.0 Å². The number of amides is 1. The molecule has 0 aliphatic rings. The summed E-state index contributed by atoms with van der Waals surface area (Å²) >= 11 is 0. The number of benzene rings is 2. The number of rotatable bonds is 8. The summed E-state index contributed by atoms with van der Waals surface area (Å²) in [6.45, 7) is 0.166. The molecular formula is C20H22N4O5. The summed E-state index contributed by atoms with van der Waals surface area (Å²) in [6, 6.07) is 10.5. The first kappa shape index (κ1) is 20.1. The third kappa shape index (κ3) is 4.45. The van der Waals surface area contributed by atoms with Crippen LogP contribution in [0.4, 0.5) is 0 Å². The SMILES string of the molecule is COc1cc(CCNC(=O)Cn2nnc3ccccc3c2=O)cc(OC)c1OC. The normalized spacial score (nSPS) is 10.6. The molecule has 0 aliphatic carbocycles. The second-order valence-electron chi connectivity index (χ2n) is 6.20. The zero-order valence-electron chi connectivity index (χ0n) is 16.5. The van der Waals surface area contributed by atoms with Gasteiger partial charge in [-0.3, -0.25) is 9.59 Å². The molecule has 0 unspecified atom stereocenters. The number of nitrogens with zero attached hydrogens (tertiary/aromatic N) is 3. The number of hydrogen-bond acceptors (Lipinski definition) is 7. The third-order valence-electron chi connectivity index (χ3n) is 4.38. The minimum atomic E-state index is -0.352. The molecular weight excluding hydrogens is 376 g/mol. The van der Waals surface area contributed by atoms with Crippen molar-refractivity contribution in [2.24, 2.45) is 0 Å². The third-order valence-corrected chi connectivity index (χ3v) is 4.38. The van der Waals surface area contributed by atoms with Gasteiger partial charge in [-0.15, -0.1) is 5.10 Å². The minimum absolute atomic E-state index is 0.202. The van der Waals surface area contributed by atoms with Crippen LogP contribution in [0.1, 0.15) is 5.56 Å². The standard InChI is InChI=1S/C20H22N4O5/c1-27-16-10-13(11-17(28-2)19(16)29-3)8-9-21-18(25)12-24-20(26)14-6-4-5-7-15(14)22-23-24/h4-7,10-11H,8-9,12H2,1-3H3,(H,21,25). The average Bonchev–Trinajstić information content (AvgIpc) is 2.75. The van der Waals surface area contributed by atoms with Crippen molar-refractivity contribution in [1.29, 1.82) is 0 Å². The Hall–Kier alpha value is -3.62. The highest BCUT2D eigenvalue weighted by molar-refractivity contribution is 5.78.